The van der Waals surface area contributed by atoms with E-state index in [9.17, 15) is 0 Å². The van der Waals surface area contributed by atoms with E-state index < -0.39 is 0 Å². The summed E-state index contributed by atoms with van der Waals surface area (Å²) in [5, 5.41) is 12.4. The minimum atomic E-state index is 0.718. The Bertz CT molecular complexity index is 101. The topological polar surface area (TPSA) is 32.6 Å². The van der Waals surface area contributed by atoms with E-state index in [1.165, 1.54) is 0 Å². The molecule has 3 heteroatoms. The second-order valence-corrected chi connectivity index (χ2v) is 3.92. The van der Waals surface area contributed by atoms with Crippen LogP contribution in [0, 0.1) is 5.92 Å². The van der Waals surface area contributed by atoms with Crippen molar-refractivity contribution in [1.29, 1.82) is 0 Å². The van der Waals surface area contributed by atoms with Crippen molar-refractivity contribution < 1.29 is 5.21 Å². The fraction of sp³-hybridized carbons (Fsp3) is 0.833. The van der Waals surface area contributed by atoms with E-state index in [2.05, 4.69) is 19.0 Å². The third-order valence-corrected chi connectivity index (χ3v) is 1.95. The second kappa shape index (κ2) is 4.55. The molecule has 0 rings (SSSR count). The van der Waals surface area contributed by atoms with Gasteiger partial charge in [0.15, 0.2) is 0 Å². The maximum atomic E-state index is 8.27. The molecule has 0 aliphatic carbocycles. The zero-order chi connectivity index (χ0) is 7.28. The minimum Gasteiger partial charge on any atom is -0.411 e. The van der Waals surface area contributed by atoms with Crippen molar-refractivity contribution in [2.24, 2.45) is 11.1 Å². The van der Waals surface area contributed by atoms with Crippen LogP contribution in [0.4, 0.5) is 0 Å². The predicted molar refractivity (Wildman–Crippen MR) is 43.2 cm³/mol. The fourth-order valence-corrected chi connectivity index (χ4v) is 0.836. The summed E-state index contributed by atoms with van der Waals surface area (Å²) in [7, 11) is 0.895. The largest absolute Gasteiger partial charge is 0.411 e. The van der Waals surface area contributed by atoms with Gasteiger partial charge in [0.2, 0.25) is 0 Å². The zero-order valence-corrected chi connectivity index (χ0v) is 8.39. The monoisotopic (exact) mass is 145 g/mol. The molecular formula is C6H15NOSi. The average molecular weight is 145 g/mol. The highest BCUT2D eigenvalue weighted by atomic mass is 28.1. The first-order valence-electron chi connectivity index (χ1n) is 3.34. The lowest BCUT2D eigenvalue weighted by Crippen LogP contribution is -1.99. The standard InChI is InChI=1S/C6H15NOSi/c1-5(2)3-4-6(9)7-8/h5,8H,3-4H2,1-2,9H3. The predicted octanol–water partition coefficient (Wildman–Crippen LogP) is 0.576. The SMILES string of the molecule is CC(C)CCC([SiH3])=NO. The van der Waals surface area contributed by atoms with Crippen LogP contribution in [0.1, 0.15) is 26.7 Å². The van der Waals surface area contributed by atoms with E-state index in [-0.39, 0.29) is 0 Å². The van der Waals surface area contributed by atoms with E-state index in [4.69, 9.17) is 5.21 Å². The molecule has 0 aliphatic rings. The van der Waals surface area contributed by atoms with Crippen LogP contribution in [-0.2, 0) is 0 Å². The Balaban J connectivity index is 3.28. The van der Waals surface area contributed by atoms with Crippen molar-refractivity contribution in [2.45, 2.75) is 26.7 Å². The van der Waals surface area contributed by atoms with Gasteiger partial charge in [-0.3, -0.25) is 0 Å². The van der Waals surface area contributed by atoms with E-state index in [1.807, 2.05) is 0 Å². The van der Waals surface area contributed by atoms with E-state index >= 15 is 0 Å². The molecule has 0 spiro atoms. The lowest BCUT2D eigenvalue weighted by atomic mass is 10.1. The summed E-state index contributed by atoms with van der Waals surface area (Å²) in [6.07, 6.45) is 2.11. The highest BCUT2D eigenvalue weighted by Crippen LogP contribution is 2.02. The maximum Gasteiger partial charge on any atom is 0.0613 e. The Hall–Kier alpha value is -0.313. The van der Waals surface area contributed by atoms with Crippen molar-refractivity contribution in [3.05, 3.63) is 0 Å². The first-order valence-corrected chi connectivity index (χ1v) is 4.34. The van der Waals surface area contributed by atoms with Gasteiger partial charge in [0.25, 0.3) is 0 Å². The lowest BCUT2D eigenvalue weighted by molar-refractivity contribution is 0.318. The number of nitrogens with zero attached hydrogens (tertiary/aromatic N) is 1. The van der Waals surface area contributed by atoms with Gasteiger partial charge in [-0.1, -0.05) is 13.8 Å². The zero-order valence-electron chi connectivity index (χ0n) is 6.39. The van der Waals surface area contributed by atoms with Crippen LogP contribution in [-0.4, -0.2) is 20.8 Å². The average Bonchev–Trinajstić information content (AvgIpc) is 1.83. The summed E-state index contributed by atoms with van der Waals surface area (Å²) < 4.78 is 0. The van der Waals surface area contributed by atoms with Crippen molar-refractivity contribution in [2.75, 3.05) is 0 Å². The molecule has 0 radical (unpaired) electrons. The maximum absolute atomic E-state index is 8.27. The molecule has 0 aliphatic heterocycles. The molecule has 2 nitrogen and oxygen atoms in total. The number of rotatable bonds is 3. The molecule has 9 heavy (non-hydrogen) atoms. The fourth-order valence-electron chi connectivity index (χ4n) is 0.548. The van der Waals surface area contributed by atoms with Crippen LogP contribution >= 0.6 is 0 Å². The van der Waals surface area contributed by atoms with Gasteiger partial charge in [-0.25, -0.2) is 0 Å². The van der Waals surface area contributed by atoms with Gasteiger partial charge >= 0.3 is 0 Å². The summed E-state index contributed by atoms with van der Waals surface area (Å²) >= 11 is 0. The summed E-state index contributed by atoms with van der Waals surface area (Å²) in [6, 6.07) is 0. The second-order valence-electron chi connectivity index (χ2n) is 2.77. The van der Waals surface area contributed by atoms with Crippen LogP contribution in [0.3, 0.4) is 0 Å². The summed E-state index contributed by atoms with van der Waals surface area (Å²) in [6.45, 7) is 4.35. The third-order valence-electron chi connectivity index (χ3n) is 1.25. The van der Waals surface area contributed by atoms with Crippen LogP contribution < -0.4 is 0 Å². The summed E-state index contributed by atoms with van der Waals surface area (Å²) in [4.78, 5) is 0. The van der Waals surface area contributed by atoms with Gasteiger partial charge in [-0.05, 0) is 18.8 Å². The molecule has 0 aromatic heterocycles. The highest BCUT2D eigenvalue weighted by Gasteiger charge is 1.95. The Morgan fingerprint density at radius 3 is 2.56 bits per heavy atom. The van der Waals surface area contributed by atoms with Gasteiger partial charge < -0.3 is 5.21 Å². The van der Waals surface area contributed by atoms with E-state index in [0.717, 1.165) is 34.3 Å². The molecule has 0 atom stereocenters. The van der Waals surface area contributed by atoms with Crippen LogP contribution in [0.25, 0.3) is 0 Å². The third kappa shape index (κ3) is 5.56. The molecule has 0 aromatic rings. The Morgan fingerprint density at radius 2 is 2.22 bits per heavy atom. The smallest absolute Gasteiger partial charge is 0.0613 e. The molecule has 0 amide bonds. The molecule has 0 saturated carbocycles. The van der Waals surface area contributed by atoms with Crippen LogP contribution in [0.2, 0.25) is 0 Å². The van der Waals surface area contributed by atoms with E-state index in [0.29, 0.717) is 0 Å². The lowest BCUT2D eigenvalue weighted by Gasteiger charge is -2.01. The molecule has 0 heterocycles. The normalized spacial score (nSPS) is 13.0. The van der Waals surface area contributed by atoms with Gasteiger partial charge in [-0.15, -0.1) is 5.16 Å². The first-order chi connectivity index (χ1) is 4.16. The number of hydrogen-bond donors (Lipinski definition) is 1. The molecule has 0 bridgehead atoms. The van der Waals surface area contributed by atoms with Crippen molar-refractivity contribution >= 4 is 15.6 Å². The molecule has 0 aromatic carbocycles. The minimum absolute atomic E-state index is 0.718. The highest BCUT2D eigenvalue weighted by molar-refractivity contribution is 6.59. The quantitative estimate of drug-likeness (QED) is 0.268. The summed E-state index contributed by atoms with van der Waals surface area (Å²) in [5.74, 6) is 0.718. The van der Waals surface area contributed by atoms with E-state index in [1.54, 1.807) is 0 Å². The number of oxime groups is 1. The van der Waals surface area contributed by atoms with Gasteiger partial charge in [0.05, 0.1) is 10.2 Å². The van der Waals surface area contributed by atoms with Gasteiger partial charge in [0.1, 0.15) is 0 Å². The van der Waals surface area contributed by atoms with Crippen LogP contribution in [0.15, 0.2) is 5.16 Å². The Labute approximate surface area is 59.4 Å². The van der Waals surface area contributed by atoms with Gasteiger partial charge in [0, 0.05) is 5.33 Å². The molecule has 1 N–H and O–H groups in total. The molecule has 0 saturated heterocycles. The van der Waals surface area contributed by atoms with Crippen LogP contribution in [0.5, 0.6) is 0 Å². The molecule has 0 fully saturated rings. The van der Waals surface area contributed by atoms with Gasteiger partial charge in [-0.2, -0.15) is 0 Å². The Kier molecular flexibility index (Phi) is 4.40. The molecular weight excluding hydrogens is 130 g/mol. The van der Waals surface area contributed by atoms with Crippen molar-refractivity contribution in [3.8, 4) is 0 Å². The number of hydrogen-bond acceptors (Lipinski definition) is 2. The van der Waals surface area contributed by atoms with Crippen molar-refractivity contribution in [1.82, 2.24) is 0 Å². The molecule has 0 unspecified atom stereocenters. The first kappa shape index (κ1) is 8.69. The molecule has 54 valence electrons. The summed E-state index contributed by atoms with van der Waals surface area (Å²) in [5.41, 5.74) is 0. The Morgan fingerprint density at radius 1 is 1.67 bits per heavy atom. The van der Waals surface area contributed by atoms with Crippen molar-refractivity contribution in [3.63, 3.8) is 0 Å².